The molecular weight excluding hydrogens is 340 g/mol. The standard InChI is InChI=1S/C21H20N4O2/c1-27-17-7-6-15-9-21(25-18(15)8-17)10-19(24-20(21)26)14-4-2-13(3-5-14)16-11-22-23-12-16/h2-8,11-12,19,25H,9-10H2,1H3,(H,22,23)(H,24,26). The van der Waals surface area contributed by atoms with Gasteiger partial charge in [-0.05, 0) is 22.8 Å². The molecule has 2 aromatic carbocycles. The molecule has 2 unspecified atom stereocenters. The molecule has 3 N–H and O–H groups in total. The highest BCUT2D eigenvalue weighted by Crippen LogP contribution is 2.43. The third-order valence-corrected chi connectivity index (χ3v) is 5.62. The number of ether oxygens (including phenoxy) is 1. The molecule has 3 heterocycles. The van der Waals surface area contributed by atoms with Crippen LogP contribution in [0.2, 0.25) is 0 Å². The summed E-state index contributed by atoms with van der Waals surface area (Å²) in [5, 5.41) is 13.5. The highest BCUT2D eigenvalue weighted by molar-refractivity contribution is 5.95. The lowest BCUT2D eigenvalue weighted by atomic mass is 9.89. The summed E-state index contributed by atoms with van der Waals surface area (Å²) in [5.74, 6) is 0.852. The fraction of sp³-hybridized carbons (Fsp3) is 0.238. The van der Waals surface area contributed by atoms with E-state index >= 15 is 0 Å². The number of fused-ring (bicyclic) bond motifs is 1. The molecule has 2 aliphatic heterocycles. The zero-order valence-electron chi connectivity index (χ0n) is 15.0. The first-order valence-electron chi connectivity index (χ1n) is 9.02. The molecule has 2 atom stereocenters. The van der Waals surface area contributed by atoms with Crippen molar-refractivity contribution in [1.82, 2.24) is 15.5 Å². The molecule has 6 nitrogen and oxygen atoms in total. The Balaban J connectivity index is 1.38. The molecule has 1 aromatic heterocycles. The van der Waals surface area contributed by atoms with E-state index in [1.54, 1.807) is 13.3 Å². The Kier molecular flexibility index (Phi) is 3.47. The smallest absolute Gasteiger partial charge is 0.246 e. The number of methoxy groups -OCH3 is 1. The Labute approximate surface area is 156 Å². The number of amides is 1. The van der Waals surface area contributed by atoms with Gasteiger partial charge in [-0.25, -0.2) is 0 Å². The maximum atomic E-state index is 12.8. The summed E-state index contributed by atoms with van der Waals surface area (Å²) >= 11 is 0. The third kappa shape index (κ3) is 2.56. The van der Waals surface area contributed by atoms with Crippen molar-refractivity contribution >= 4 is 11.6 Å². The number of anilines is 1. The lowest BCUT2D eigenvalue weighted by molar-refractivity contribution is -0.122. The summed E-state index contributed by atoms with van der Waals surface area (Å²) in [6.45, 7) is 0. The van der Waals surface area contributed by atoms with E-state index in [4.69, 9.17) is 4.74 Å². The van der Waals surface area contributed by atoms with Crippen LogP contribution in [-0.4, -0.2) is 28.8 Å². The van der Waals surface area contributed by atoms with E-state index < -0.39 is 5.54 Å². The molecule has 1 saturated heterocycles. The number of benzene rings is 2. The number of hydrogen-bond donors (Lipinski definition) is 3. The van der Waals surface area contributed by atoms with Crippen LogP contribution in [0.15, 0.2) is 54.9 Å². The summed E-state index contributed by atoms with van der Waals surface area (Å²) in [6, 6.07) is 14.2. The van der Waals surface area contributed by atoms with Gasteiger partial charge >= 0.3 is 0 Å². The van der Waals surface area contributed by atoms with Gasteiger partial charge in [-0.3, -0.25) is 9.89 Å². The molecule has 136 valence electrons. The second-order valence-corrected chi connectivity index (χ2v) is 7.25. The van der Waals surface area contributed by atoms with E-state index in [1.165, 1.54) is 0 Å². The molecule has 6 heteroatoms. The first-order valence-corrected chi connectivity index (χ1v) is 9.02. The minimum atomic E-state index is -0.581. The molecule has 2 aliphatic rings. The van der Waals surface area contributed by atoms with Gasteiger partial charge in [0.15, 0.2) is 0 Å². The minimum Gasteiger partial charge on any atom is -0.497 e. The summed E-state index contributed by atoms with van der Waals surface area (Å²) < 4.78 is 5.30. The highest BCUT2D eigenvalue weighted by Gasteiger charge is 2.50. The Morgan fingerprint density at radius 1 is 1.15 bits per heavy atom. The first kappa shape index (κ1) is 15.9. The minimum absolute atomic E-state index is 0.000363. The third-order valence-electron chi connectivity index (χ3n) is 5.62. The van der Waals surface area contributed by atoms with E-state index in [0.717, 1.165) is 33.7 Å². The average molecular weight is 360 g/mol. The first-order chi connectivity index (χ1) is 13.2. The van der Waals surface area contributed by atoms with Crippen LogP contribution in [-0.2, 0) is 11.2 Å². The molecule has 0 saturated carbocycles. The Bertz CT molecular complexity index is 998. The fourth-order valence-electron chi connectivity index (χ4n) is 4.15. The van der Waals surface area contributed by atoms with Crippen molar-refractivity contribution in [2.45, 2.75) is 24.4 Å². The van der Waals surface area contributed by atoms with Crippen molar-refractivity contribution < 1.29 is 9.53 Å². The van der Waals surface area contributed by atoms with Gasteiger partial charge in [-0.2, -0.15) is 5.10 Å². The van der Waals surface area contributed by atoms with Crippen LogP contribution in [0.3, 0.4) is 0 Å². The van der Waals surface area contributed by atoms with Crippen LogP contribution in [0.5, 0.6) is 5.75 Å². The summed E-state index contributed by atoms with van der Waals surface area (Å²) in [7, 11) is 1.65. The van der Waals surface area contributed by atoms with Crippen LogP contribution < -0.4 is 15.4 Å². The van der Waals surface area contributed by atoms with Crippen molar-refractivity contribution in [3.63, 3.8) is 0 Å². The molecule has 1 amide bonds. The van der Waals surface area contributed by atoms with E-state index in [9.17, 15) is 4.79 Å². The molecule has 1 spiro atoms. The lowest BCUT2D eigenvalue weighted by Gasteiger charge is -2.21. The van der Waals surface area contributed by atoms with Crippen LogP contribution in [0.1, 0.15) is 23.6 Å². The normalized spacial score (nSPS) is 23.1. The van der Waals surface area contributed by atoms with E-state index in [-0.39, 0.29) is 11.9 Å². The van der Waals surface area contributed by atoms with Gasteiger partial charge in [0.25, 0.3) is 0 Å². The fourth-order valence-corrected chi connectivity index (χ4v) is 4.15. The second kappa shape index (κ2) is 5.87. The van der Waals surface area contributed by atoms with E-state index in [1.807, 2.05) is 24.4 Å². The van der Waals surface area contributed by atoms with Crippen LogP contribution in [0.4, 0.5) is 5.69 Å². The van der Waals surface area contributed by atoms with Gasteiger partial charge in [-0.1, -0.05) is 30.3 Å². The Morgan fingerprint density at radius 3 is 2.74 bits per heavy atom. The van der Waals surface area contributed by atoms with Gasteiger partial charge in [0.2, 0.25) is 5.91 Å². The van der Waals surface area contributed by atoms with Crippen molar-refractivity contribution in [3.05, 3.63) is 66.0 Å². The van der Waals surface area contributed by atoms with Crippen LogP contribution in [0, 0.1) is 0 Å². The summed E-state index contributed by atoms with van der Waals surface area (Å²) in [4.78, 5) is 12.8. The average Bonchev–Trinajstić information content (AvgIpc) is 3.41. The number of carbonyl (C=O) groups is 1. The molecular formula is C21H20N4O2. The number of nitrogens with zero attached hydrogens (tertiary/aromatic N) is 1. The number of hydrogen-bond acceptors (Lipinski definition) is 4. The molecule has 0 radical (unpaired) electrons. The quantitative estimate of drug-likeness (QED) is 0.671. The molecule has 27 heavy (non-hydrogen) atoms. The predicted octanol–water partition coefficient (Wildman–Crippen LogP) is 3.05. The van der Waals surface area contributed by atoms with Gasteiger partial charge in [0, 0.05) is 36.4 Å². The second-order valence-electron chi connectivity index (χ2n) is 7.25. The SMILES string of the molecule is COc1ccc2c(c1)NC1(C2)CC(c2ccc(-c3cn[nH]c3)cc2)NC1=O. The lowest BCUT2D eigenvalue weighted by Crippen LogP contribution is -2.43. The topological polar surface area (TPSA) is 79.0 Å². The molecule has 1 fully saturated rings. The number of H-pyrrole nitrogens is 1. The number of rotatable bonds is 3. The van der Waals surface area contributed by atoms with Gasteiger partial charge in [0.05, 0.1) is 19.3 Å². The predicted molar refractivity (Wildman–Crippen MR) is 103 cm³/mol. The van der Waals surface area contributed by atoms with Crippen molar-refractivity contribution in [2.24, 2.45) is 0 Å². The van der Waals surface area contributed by atoms with Gasteiger partial charge in [-0.15, -0.1) is 0 Å². The summed E-state index contributed by atoms with van der Waals surface area (Å²) in [5.41, 5.74) is 4.83. The maximum Gasteiger partial charge on any atom is 0.246 e. The highest BCUT2D eigenvalue weighted by atomic mass is 16.5. The number of carbonyl (C=O) groups excluding carboxylic acids is 1. The number of aromatic nitrogens is 2. The Morgan fingerprint density at radius 2 is 2.00 bits per heavy atom. The molecule has 5 rings (SSSR count). The van der Waals surface area contributed by atoms with Crippen molar-refractivity contribution in [2.75, 3.05) is 12.4 Å². The van der Waals surface area contributed by atoms with Gasteiger partial charge < -0.3 is 15.4 Å². The van der Waals surface area contributed by atoms with Crippen molar-refractivity contribution in [1.29, 1.82) is 0 Å². The number of nitrogens with one attached hydrogen (secondary N) is 3. The molecule has 0 bridgehead atoms. The zero-order valence-corrected chi connectivity index (χ0v) is 15.0. The molecule has 0 aliphatic carbocycles. The zero-order chi connectivity index (χ0) is 18.4. The van der Waals surface area contributed by atoms with Crippen molar-refractivity contribution in [3.8, 4) is 16.9 Å². The van der Waals surface area contributed by atoms with Crippen LogP contribution >= 0.6 is 0 Å². The maximum absolute atomic E-state index is 12.8. The van der Waals surface area contributed by atoms with E-state index in [0.29, 0.717) is 12.8 Å². The Hall–Kier alpha value is -3.28. The van der Waals surface area contributed by atoms with E-state index in [2.05, 4.69) is 45.1 Å². The molecule has 3 aromatic rings. The monoisotopic (exact) mass is 360 g/mol. The summed E-state index contributed by atoms with van der Waals surface area (Å²) in [6.07, 6.45) is 5.08. The largest absolute Gasteiger partial charge is 0.497 e. The van der Waals surface area contributed by atoms with Crippen LogP contribution in [0.25, 0.3) is 11.1 Å². The van der Waals surface area contributed by atoms with Gasteiger partial charge in [0.1, 0.15) is 11.3 Å². The number of aromatic amines is 1.